The van der Waals surface area contributed by atoms with E-state index in [-0.39, 0.29) is 11.5 Å². The molecule has 1 unspecified atom stereocenters. The molecule has 1 atom stereocenters. The molecule has 4 heteroatoms. The molecule has 0 N–H and O–H groups in total. The van der Waals surface area contributed by atoms with Gasteiger partial charge in [-0.05, 0) is 37.3 Å². The molecule has 0 saturated carbocycles. The largest absolute Gasteiger partial charge is 0.339 e. The number of hydrogen-bond donors (Lipinski definition) is 0. The molecule has 0 aromatic heterocycles. The highest BCUT2D eigenvalue weighted by molar-refractivity contribution is 5.94. The summed E-state index contributed by atoms with van der Waals surface area (Å²) in [6, 6.07) is 3.77. The van der Waals surface area contributed by atoms with Gasteiger partial charge in [0, 0.05) is 13.1 Å². The molecule has 1 heterocycles. The van der Waals surface area contributed by atoms with Crippen molar-refractivity contribution >= 4 is 5.91 Å². The lowest BCUT2D eigenvalue weighted by Gasteiger charge is -2.21. The Morgan fingerprint density at radius 2 is 2.10 bits per heavy atom. The van der Waals surface area contributed by atoms with Crippen LogP contribution in [0.5, 0.6) is 0 Å². The molecule has 1 amide bonds. The quantitative estimate of drug-likeness (QED) is 0.820. The van der Waals surface area contributed by atoms with Crippen LogP contribution in [0.25, 0.3) is 0 Å². The molecular formula is C16H21F2NO. The van der Waals surface area contributed by atoms with Gasteiger partial charge in [-0.3, -0.25) is 4.79 Å². The minimum Gasteiger partial charge on any atom is -0.339 e. The van der Waals surface area contributed by atoms with Crippen molar-refractivity contribution in [1.82, 2.24) is 4.90 Å². The molecule has 1 aliphatic rings. The number of likely N-dealkylation sites (tertiary alicyclic amines) is 1. The highest BCUT2D eigenvalue weighted by Gasteiger charge is 2.24. The van der Waals surface area contributed by atoms with Gasteiger partial charge >= 0.3 is 0 Å². The lowest BCUT2D eigenvalue weighted by atomic mass is 9.96. The van der Waals surface area contributed by atoms with Gasteiger partial charge in [-0.25, -0.2) is 8.78 Å². The second kappa shape index (κ2) is 6.82. The van der Waals surface area contributed by atoms with E-state index in [2.05, 4.69) is 6.92 Å². The molecule has 0 radical (unpaired) electrons. The number of halogens is 2. The predicted molar refractivity (Wildman–Crippen MR) is 74.5 cm³/mol. The first kappa shape index (κ1) is 14.9. The first-order chi connectivity index (χ1) is 9.63. The summed E-state index contributed by atoms with van der Waals surface area (Å²) in [4.78, 5) is 14.0. The van der Waals surface area contributed by atoms with E-state index < -0.39 is 11.6 Å². The summed E-state index contributed by atoms with van der Waals surface area (Å²) < 4.78 is 26.9. The summed E-state index contributed by atoms with van der Waals surface area (Å²) in [5.41, 5.74) is -0.154. The van der Waals surface area contributed by atoms with E-state index in [1.807, 2.05) is 0 Å². The highest BCUT2D eigenvalue weighted by Crippen LogP contribution is 2.23. The minimum absolute atomic E-state index is 0.154. The lowest BCUT2D eigenvalue weighted by Crippen LogP contribution is -2.32. The zero-order chi connectivity index (χ0) is 14.5. The van der Waals surface area contributed by atoms with Crippen LogP contribution in [0.15, 0.2) is 18.2 Å². The number of nitrogens with zero attached hydrogens (tertiary/aromatic N) is 1. The van der Waals surface area contributed by atoms with Crippen LogP contribution in [-0.4, -0.2) is 23.9 Å². The first-order valence-electron chi connectivity index (χ1n) is 7.36. The SMILES string of the molecule is CCCC1CCCN(C(=O)c2cccc(F)c2F)CC1. The molecule has 1 fully saturated rings. The van der Waals surface area contributed by atoms with Crippen LogP contribution in [0, 0.1) is 17.6 Å². The Morgan fingerprint density at radius 1 is 1.30 bits per heavy atom. The van der Waals surface area contributed by atoms with Gasteiger partial charge in [0.2, 0.25) is 0 Å². The van der Waals surface area contributed by atoms with Crippen LogP contribution < -0.4 is 0 Å². The van der Waals surface area contributed by atoms with E-state index in [1.54, 1.807) is 4.90 Å². The summed E-state index contributed by atoms with van der Waals surface area (Å²) >= 11 is 0. The van der Waals surface area contributed by atoms with Crippen molar-refractivity contribution in [2.24, 2.45) is 5.92 Å². The van der Waals surface area contributed by atoms with Crippen LogP contribution >= 0.6 is 0 Å². The highest BCUT2D eigenvalue weighted by atomic mass is 19.2. The zero-order valence-corrected chi connectivity index (χ0v) is 11.9. The molecule has 1 aromatic rings. The maximum absolute atomic E-state index is 13.7. The van der Waals surface area contributed by atoms with Crippen LogP contribution in [0.4, 0.5) is 8.78 Å². The van der Waals surface area contributed by atoms with Gasteiger partial charge in [0.1, 0.15) is 0 Å². The Balaban J connectivity index is 2.07. The number of carbonyl (C=O) groups is 1. The van der Waals surface area contributed by atoms with Crippen molar-refractivity contribution in [3.63, 3.8) is 0 Å². The van der Waals surface area contributed by atoms with Gasteiger partial charge in [0.25, 0.3) is 5.91 Å². The fourth-order valence-electron chi connectivity index (χ4n) is 2.90. The Labute approximate surface area is 118 Å². The van der Waals surface area contributed by atoms with Crippen molar-refractivity contribution in [2.75, 3.05) is 13.1 Å². The second-order valence-corrected chi connectivity index (χ2v) is 5.48. The van der Waals surface area contributed by atoms with Gasteiger partial charge in [0.15, 0.2) is 11.6 Å². The molecule has 0 spiro atoms. The third kappa shape index (κ3) is 3.35. The molecule has 1 aliphatic heterocycles. The van der Waals surface area contributed by atoms with E-state index in [4.69, 9.17) is 0 Å². The van der Waals surface area contributed by atoms with Crippen molar-refractivity contribution < 1.29 is 13.6 Å². The maximum Gasteiger partial charge on any atom is 0.256 e. The summed E-state index contributed by atoms with van der Waals surface area (Å²) in [7, 11) is 0. The number of carbonyl (C=O) groups excluding carboxylic acids is 1. The van der Waals surface area contributed by atoms with Crippen molar-refractivity contribution in [3.8, 4) is 0 Å². The van der Waals surface area contributed by atoms with E-state index in [0.717, 1.165) is 31.7 Å². The topological polar surface area (TPSA) is 20.3 Å². The van der Waals surface area contributed by atoms with Gasteiger partial charge in [-0.15, -0.1) is 0 Å². The number of hydrogen-bond acceptors (Lipinski definition) is 1. The van der Waals surface area contributed by atoms with Crippen LogP contribution in [0.3, 0.4) is 0 Å². The third-order valence-electron chi connectivity index (χ3n) is 4.01. The fourth-order valence-corrected chi connectivity index (χ4v) is 2.90. The number of benzene rings is 1. The van der Waals surface area contributed by atoms with E-state index in [1.165, 1.54) is 18.6 Å². The van der Waals surface area contributed by atoms with Crippen LogP contribution in [0.1, 0.15) is 49.4 Å². The number of rotatable bonds is 3. The van der Waals surface area contributed by atoms with Crippen LogP contribution in [-0.2, 0) is 0 Å². The summed E-state index contributed by atoms with van der Waals surface area (Å²) in [5, 5.41) is 0. The Kier molecular flexibility index (Phi) is 5.10. The molecule has 2 nitrogen and oxygen atoms in total. The molecule has 110 valence electrons. The van der Waals surface area contributed by atoms with Crippen LogP contribution in [0.2, 0.25) is 0 Å². The van der Waals surface area contributed by atoms with Gasteiger partial charge in [-0.2, -0.15) is 0 Å². The summed E-state index contributed by atoms with van der Waals surface area (Å²) in [6.45, 7) is 3.43. The molecule has 2 rings (SSSR count). The molecular weight excluding hydrogens is 260 g/mol. The monoisotopic (exact) mass is 281 g/mol. The lowest BCUT2D eigenvalue weighted by molar-refractivity contribution is 0.0754. The molecule has 1 aromatic carbocycles. The van der Waals surface area contributed by atoms with E-state index >= 15 is 0 Å². The first-order valence-corrected chi connectivity index (χ1v) is 7.36. The average Bonchev–Trinajstić information content (AvgIpc) is 2.67. The molecule has 0 aliphatic carbocycles. The predicted octanol–water partition coefficient (Wildman–Crippen LogP) is 4.01. The Hall–Kier alpha value is -1.45. The Morgan fingerprint density at radius 3 is 2.85 bits per heavy atom. The molecule has 20 heavy (non-hydrogen) atoms. The maximum atomic E-state index is 13.7. The number of amides is 1. The second-order valence-electron chi connectivity index (χ2n) is 5.48. The molecule has 0 bridgehead atoms. The van der Waals surface area contributed by atoms with E-state index in [9.17, 15) is 13.6 Å². The fraction of sp³-hybridized carbons (Fsp3) is 0.562. The average molecular weight is 281 g/mol. The van der Waals surface area contributed by atoms with Crippen molar-refractivity contribution in [2.45, 2.75) is 39.0 Å². The van der Waals surface area contributed by atoms with E-state index in [0.29, 0.717) is 19.0 Å². The zero-order valence-electron chi connectivity index (χ0n) is 11.9. The minimum atomic E-state index is -1.04. The van der Waals surface area contributed by atoms with Gasteiger partial charge < -0.3 is 4.90 Å². The smallest absolute Gasteiger partial charge is 0.256 e. The van der Waals surface area contributed by atoms with Crippen molar-refractivity contribution in [3.05, 3.63) is 35.4 Å². The molecule has 1 saturated heterocycles. The summed E-state index contributed by atoms with van der Waals surface area (Å²) in [6.07, 6.45) is 5.33. The summed E-state index contributed by atoms with van der Waals surface area (Å²) in [5.74, 6) is -1.74. The van der Waals surface area contributed by atoms with Gasteiger partial charge in [-0.1, -0.05) is 25.8 Å². The third-order valence-corrected chi connectivity index (χ3v) is 4.01. The van der Waals surface area contributed by atoms with Crippen molar-refractivity contribution in [1.29, 1.82) is 0 Å². The Bertz CT molecular complexity index is 476. The normalized spacial score (nSPS) is 19.8. The standard InChI is InChI=1S/C16H21F2NO/c1-2-5-12-6-4-10-19(11-9-12)16(20)13-7-3-8-14(17)15(13)18/h3,7-8,12H,2,4-6,9-11H2,1H3. The van der Waals surface area contributed by atoms with Gasteiger partial charge in [0.05, 0.1) is 5.56 Å².